The highest BCUT2D eigenvalue weighted by atomic mass is 16.6. The Morgan fingerprint density at radius 1 is 0.887 bits per heavy atom. The van der Waals surface area contributed by atoms with Gasteiger partial charge in [0.25, 0.3) is 0 Å². The number of carbonyl (C=O) groups excluding carboxylic acids is 2. The van der Waals surface area contributed by atoms with Gasteiger partial charge in [-0.1, -0.05) is 32.1 Å². The smallest absolute Gasteiger partial charge is 0.335 e. The number of nitrogens with zero attached hydrogens (tertiary/aromatic N) is 2. The summed E-state index contributed by atoms with van der Waals surface area (Å²) in [5.41, 5.74) is 6.34. The number of esters is 2. The first-order valence-electron chi connectivity index (χ1n) is 19.3. The molecule has 9 atom stereocenters. The molecule has 0 bridgehead atoms. The molecule has 0 saturated carbocycles. The predicted octanol–water partition coefficient (Wildman–Crippen LogP) is 5.12. The summed E-state index contributed by atoms with van der Waals surface area (Å²) in [5, 5.41) is 30.0. The maximum atomic E-state index is 13.6. The Kier molecular flexibility index (Phi) is 6.22. The zero-order valence-corrected chi connectivity index (χ0v) is 30.6. The normalized spacial score (nSPS) is 39.2. The van der Waals surface area contributed by atoms with E-state index in [4.69, 9.17) is 14.2 Å². The Hall–Kier alpha value is -4.32. The van der Waals surface area contributed by atoms with Crippen LogP contribution in [0.5, 0.6) is 11.5 Å². The average Bonchev–Trinajstić information content (AvgIpc) is 3.42. The monoisotopic (exact) mass is 718 g/mol. The number of hydrogen-bond acceptors (Lipinski definition) is 11. The van der Waals surface area contributed by atoms with Crippen molar-refractivity contribution in [1.82, 2.24) is 9.80 Å². The number of phenols is 2. The van der Waals surface area contributed by atoms with Crippen LogP contribution >= 0.6 is 0 Å². The molecule has 53 heavy (non-hydrogen) atoms. The minimum Gasteiger partial charge on any atom is -0.508 e. The summed E-state index contributed by atoms with van der Waals surface area (Å²) in [6, 6.07) is 9.57. The zero-order valence-electron chi connectivity index (χ0n) is 30.6. The van der Waals surface area contributed by atoms with E-state index in [9.17, 15) is 19.8 Å². The number of phenolic OH excluding ortho intramolecular Hbond substituents is 2. The molecule has 2 aromatic rings. The van der Waals surface area contributed by atoms with E-state index in [1.807, 2.05) is 12.1 Å². The summed E-state index contributed by atoms with van der Waals surface area (Å²) in [6.45, 7) is 6.97. The number of piperidine rings is 1. The lowest BCUT2D eigenvalue weighted by Crippen LogP contribution is -2.63. The van der Waals surface area contributed by atoms with Gasteiger partial charge in [0.05, 0.1) is 48.3 Å². The van der Waals surface area contributed by atoms with Crippen LogP contribution in [0.2, 0.25) is 0 Å². The molecule has 2 spiro atoms. The molecule has 7 aliphatic heterocycles. The fourth-order valence-electron chi connectivity index (χ4n) is 13.6. The summed E-state index contributed by atoms with van der Waals surface area (Å²) >= 11 is 0. The van der Waals surface area contributed by atoms with Gasteiger partial charge in [0.15, 0.2) is 0 Å². The first-order valence-corrected chi connectivity index (χ1v) is 19.3. The Bertz CT molecular complexity index is 2160. The van der Waals surface area contributed by atoms with E-state index in [1.54, 1.807) is 12.1 Å². The third-order valence-electron chi connectivity index (χ3n) is 15.5. The number of rotatable bonds is 5. The summed E-state index contributed by atoms with van der Waals surface area (Å²) in [6.07, 6.45) is 8.83. The molecule has 11 rings (SSSR count). The molecule has 2 aliphatic carbocycles. The summed E-state index contributed by atoms with van der Waals surface area (Å²) in [4.78, 5) is 32.3. The number of anilines is 2. The fourth-order valence-corrected chi connectivity index (χ4v) is 13.6. The van der Waals surface area contributed by atoms with Crippen molar-refractivity contribution in [3.8, 4) is 11.5 Å². The lowest BCUT2D eigenvalue weighted by atomic mass is 9.52. The molecule has 4 fully saturated rings. The first-order chi connectivity index (χ1) is 25.6. The van der Waals surface area contributed by atoms with Crippen molar-refractivity contribution < 1.29 is 34.0 Å². The van der Waals surface area contributed by atoms with Crippen molar-refractivity contribution >= 4 is 23.3 Å². The molecule has 2 aromatic carbocycles. The van der Waals surface area contributed by atoms with Crippen molar-refractivity contribution in [2.24, 2.45) is 10.8 Å². The lowest BCUT2D eigenvalue weighted by molar-refractivity contribution is -0.138. The maximum Gasteiger partial charge on any atom is 0.335 e. The Balaban J connectivity index is 1.10. The van der Waals surface area contributed by atoms with Gasteiger partial charge in [-0.2, -0.15) is 0 Å². The fraction of sp³-hybridized carbons (Fsp3) is 0.524. The molecular weight excluding hydrogens is 672 g/mol. The van der Waals surface area contributed by atoms with E-state index in [0.717, 1.165) is 84.8 Å². The van der Waals surface area contributed by atoms with Crippen LogP contribution in [0.25, 0.3) is 0 Å². The predicted molar refractivity (Wildman–Crippen MR) is 195 cm³/mol. The van der Waals surface area contributed by atoms with E-state index < -0.39 is 10.8 Å². The number of benzene rings is 2. The van der Waals surface area contributed by atoms with Crippen LogP contribution in [-0.2, 0) is 34.6 Å². The van der Waals surface area contributed by atoms with Gasteiger partial charge in [0.2, 0.25) is 0 Å². The molecule has 276 valence electrons. The molecule has 0 unspecified atom stereocenters. The minimum absolute atomic E-state index is 0.0337. The van der Waals surface area contributed by atoms with Gasteiger partial charge in [-0.3, -0.25) is 9.80 Å². The molecular formula is C42H46N4O7. The highest BCUT2D eigenvalue weighted by molar-refractivity contribution is 5.94. The van der Waals surface area contributed by atoms with Crippen LogP contribution in [0.3, 0.4) is 0 Å². The molecule has 11 nitrogen and oxygen atoms in total. The molecule has 0 aromatic heterocycles. The van der Waals surface area contributed by atoms with Crippen LogP contribution in [-0.4, -0.2) is 90.1 Å². The van der Waals surface area contributed by atoms with Gasteiger partial charge in [0, 0.05) is 83.0 Å². The molecule has 4 saturated heterocycles. The number of methoxy groups -OCH3 is 2. The van der Waals surface area contributed by atoms with Crippen LogP contribution in [0.4, 0.5) is 11.4 Å². The summed E-state index contributed by atoms with van der Waals surface area (Å²) < 4.78 is 17.7. The highest BCUT2D eigenvalue weighted by Gasteiger charge is 2.77. The van der Waals surface area contributed by atoms with Crippen molar-refractivity contribution in [2.75, 3.05) is 44.5 Å². The van der Waals surface area contributed by atoms with Crippen molar-refractivity contribution in [1.29, 1.82) is 0 Å². The number of fused-ring (bicyclic) bond motifs is 4. The molecule has 7 heterocycles. The van der Waals surface area contributed by atoms with Crippen LogP contribution in [0.15, 0.2) is 65.0 Å². The van der Waals surface area contributed by atoms with E-state index in [0.29, 0.717) is 24.0 Å². The van der Waals surface area contributed by atoms with E-state index >= 15 is 0 Å². The largest absolute Gasteiger partial charge is 0.508 e. The molecule has 0 amide bonds. The van der Waals surface area contributed by atoms with Gasteiger partial charge in [0.1, 0.15) is 17.6 Å². The van der Waals surface area contributed by atoms with Crippen molar-refractivity contribution in [3.63, 3.8) is 0 Å². The maximum absolute atomic E-state index is 13.6. The topological polar surface area (TPSA) is 136 Å². The number of ether oxygens (including phenoxy) is 3. The second-order valence-corrected chi connectivity index (χ2v) is 17.0. The number of carbonyl (C=O) groups is 2. The van der Waals surface area contributed by atoms with Gasteiger partial charge >= 0.3 is 11.9 Å². The molecule has 0 radical (unpaired) electrons. The molecule has 4 N–H and O–H groups in total. The second-order valence-electron chi connectivity index (χ2n) is 17.0. The van der Waals surface area contributed by atoms with Crippen LogP contribution in [0, 0.1) is 10.8 Å². The third kappa shape index (κ3) is 3.54. The van der Waals surface area contributed by atoms with E-state index in [1.165, 1.54) is 14.2 Å². The Labute approximate surface area is 308 Å². The quantitative estimate of drug-likeness (QED) is 0.186. The Morgan fingerprint density at radius 3 is 2.30 bits per heavy atom. The number of epoxide rings is 1. The van der Waals surface area contributed by atoms with Gasteiger partial charge in [-0.05, 0) is 61.8 Å². The number of aromatic hydroxyl groups is 2. The number of nitrogens with one attached hydrogen (secondary N) is 2. The van der Waals surface area contributed by atoms with E-state index in [-0.39, 0.29) is 64.6 Å². The summed E-state index contributed by atoms with van der Waals surface area (Å²) in [5.74, 6) is -0.236. The van der Waals surface area contributed by atoms with Gasteiger partial charge in [-0.25, -0.2) is 9.59 Å². The van der Waals surface area contributed by atoms with Crippen LogP contribution < -0.4 is 10.6 Å². The third-order valence-corrected chi connectivity index (χ3v) is 15.5. The summed E-state index contributed by atoms with van der Waals surface area (Å²) in [7, 11) is 2.91. The lowest BCUT2D eigenvalue weighted by Gasteiger charge is -2.56. The standard InChI is InChI=1S/C42H46N4O7/c1-5-39-10-7-13-45-14-11-42(37(39)45)26-17-22(29(48)18-28(26)44-32(42)23(19-39)35(49)51-3)30-31-34(53-31)40(6-2)20-24(36(50)52-4)33-41(12-15-46(30)38(40)41)25-9-8-21(47)16-27(25)43-33/h7-10,16-18,30-31,34,37-38,43-44,47-48H,5-6,11-15,19-20H2,1-4H3/t30-,31-,34-,37+,38+,39+,40-,41+,42+/m1/s1. The van der Waals surface area contributed by atoms with Gasteiger partial charge < -0.3 is 35.1 Å². The highest BCUT2D eigenvalue weighted by Crippen LogP contribution is 2.72. The molecule has 11 heteroatoms. The zero-order chi connectivity index (χ0) is 36.4. The van der Waals surface area contributed by atoms with Crippen LogP contribution in [0.1, 0.15) is 75.1 Å². The average molecular weight is 719 g/mol. The number of hydrogen-bond donors (Lipinski definition) is 4. The minimum atomic E-state index is -0.543. The SMILES string of the molecule is CC[C@]12C=CCN3CC[C@]4(C(=C(C(=O)OC)C1)Nc1cc(O)c([C@@H]5[C@H]6O[C@H]6[C@@]6(CC)CC(C(=O)OC)=C7Nc8cc(O)ccc8[C@@]78CCN5[C@@H]68)cc14)[C@@H]32. The van der Waals surface area contributed by atoms with Gasteiger partial charge in [-0.15, -0.1) is 0 Å². The first kappa shape index (κ1) is 32.1. The molecule has 9 aliphatic rings. The van der Waals surface area contributed by atoms with Crippen molar-refractivity contribution in [3.05, 3.63) is 81.7 Å². The second kappa shape index (κ2) is 10.2. The van der Waals surface area contributed by atoms with Crippen molar-refractivity contribution in [2.45, 2.75) is 93.5 Å². The van der Waals surface area contributed by atoms with E-state index in [2.05, 4.69) is 52.5 Å². The Morgan fingerprint density at radius 2 is 1.58 bits per heavy atom.